The van der Waals surface area contributed by atoms with Crippen LogP contribution in [0.1, 0.15) is 12.0 Å². The molecule has 110 valence electrons. The van der Waals surface area contributed by atoms with Crippen molar-refractivity contribution >= 4 is 15.7 Å². The number of nitrogens with one attached hydrogen (secondary N) is 2. The van der Waals surface area contributed by atoms with Gasteiger partial charge in [0.15, 0.2) is 0 Å². The van der Waals surface area contributed by atoms with Crippen LogP contribution in [0.5, 0.6) is 0 Å². The van der Waals surface area contributed by atoms with Crippen LogP contribution in [0.3, 0.4) is 0 Å². The highest BCUT2D eigenvalue weighted by molar-refractivity contribution is 7.89. The summed E-state index contributed by atoms with van der Waals surface area (Å²) >= 11 is 0. The first-order chi connectivity index (χ1) is 9.67. The van der Waals surface area contributed by atoms with Gasteiger partial charge in [-0.25, -0.2) is 13.4 Å². The van der Waals surface area contributed by atoms with Crippen LogP contribution in [0.25, 0.3) is 0 Å². The Bertz CT molecular complexity index is 583. The summed E-state index contributed by atoms with van der Waals surface area (Å²) < 4.78 is 30.3. The highest BCUT2D eigenvalue weighted by atomic mass is 32.2. The number of ether oxygens (including phenoxy) is 1. The molecule has 0 unspecified atom stereocenters. The molecule has 2 heterocycles. The maximum absolute atomic E-state index is 12.6. The molecule has 0 radical (unpaired) electrons. The van der Waals surface area contributed by atoms with Gasteiger partial charge < -0.3 is 10.1 Å². The maximum Gasteiger partial charge on any atom is 0.253 e. The van der Waals surface area contributed by atoms with Gasteiger partial charge in [0.2, 0.25) is 0 Å². The summed E-state index contributed by atoms with van der Waals surface area (Å²) in [4.78, 5) is 3.04. The lowest BCUT2D eigenvalue weighted by atomic mass is 10.0. The molecular weight excluding hydrogens is 278 g/mol. The minimum atomic E-state index is -3.52. The number of morpholine rings is 1. The summed E-state index contributed by atoms with van der Waals surface area (Å²) in [5.74, 6) is 0. The van der Waals surface area contributed by atoms with Crippen molar-refractivity contribution in [1.82, 2.24) is 9.84 Å². The van der Waals surface area contributed by atoms with E-state index < -0.39 is 10.0 Å². The first-order valence-electron chi connectivity index (χ1n) is 6.88. The van der Waals surface area contributed by atoms with E-state index in [1.54, 1.807) is 17.1 Å². The van der Waals surface area contributed by atoms with Crippen LogP contribution >= 0.6 is 0 Å². The van der Waals surface area contributed by atoms with E-state index in [2.05, 4.69) is 10.1 Å². The largest absolute Gasteiger partial charge is 0.385 e. The van der Waals surface area contributed by atoms with Crippen LogP contribution in [-0.2, 0) is 21.2 Å². The predicted octanol–water partition coefficient (Wildman–Crippen LogP) is 0.570. The normalized spacial score (nSPS) is 20.2. The quantitative estimate of drug-likeness (QED) is 0.853. The zero-order chi connectivity index (χ0) is 14.0. The molecule has 0 atom stereocenters. The molecule has 0 aromatic heterocycles. The zero-order valence-corrected chi connectivity index (χ0v) is 12.1. The Hall–Kier alpha value is -1.15. The molecule has 0 spiro atoms. The number of hydrogen-bond donors (Lipinski definition) is 2. The average Bonchev–Trinajstić information content (AvgIpc) is 2.47. The summed E-state index contributed by atoms with van der Waals surface area (Å²) in [5.41, 5.74) is 1.82. The average molecular weight is 297 g/mol. The monoisotopic (exact) mass is 297 g/mol. The molecule has 1 saturated heterocycles. The number of benzene rings is 1. The van der Waals surface area contributed by atoms with Gasteiger partial charge in [-0.05, 0) is 30.5 Å². The van der Waals surface area contributed by atoms with E-state index >= 15 is 0 Å². The van der Waals surface area contributed by atoms with Crippen molar-refractivity contribution in [3.05, 3.63) is 23.8 Å². The third-order valence-corrected chi connectivity index (χ3v) is 5.06. The molecule has 2 N–H and O–H groups in total. The van der Waals surface area contributed by atoms with Crippen molar-refractivity contribution in [3.8, 4) is 0 Å². The third-order valence-electron chi connectivity index (χ3n) is 3.60. The second kappa shape index (κ2) is 5.69. The third kappa shape index (κ3) is 2.80. The standard InChI is InChI=1S/C13H19N3O3S/c17-20(18,15-16-7-9-19-10-8-16)13-5-1-4-12-11(13)3-2-6-14-12/h1,4-5,14-15H,2-3,6-10H2. The van der Waals surface area contributed by atoms with Crippen molar-refractivity contribution in [2.24, 2.45) is 0 Å². The van der Waals surface area contributed by atoms with E-state index in [-0.39, 0.29) is 0 Å². The second-order valence-electron chi connectivity index (χ2n) is 5.01. The summed E-state index contributed by atoms with van der Waals surface area (Å²) in [6.07, 6.45) is 1.75. The smallest absolute Gasteiger partial charge is 0.253 e. The molecule has 0 aliphatic carbocycles. The topological polar surface area (TPSA) is 70.7 Å². The minimum Gasteiger partial charge on any atom is -0.385 e. The van der Waals surface area contributed by atoms with Crippen LogP contribution in [-0.4, -0.2) is 46.3 Å². The van der Waals surface area contributed by atoms with E-state index in [1.165, 1.54) is 0 Å². The Kier molecular flexibility index (Phi) is 3.93. The molecule has 1 fully saturated rings. The first-order valence-corrected chi connectivity index (χ1v) is 8.36. The number of anilines is 1. The van der Waals surface area contributed by atoms with Gasteiger partial charge in [0, 0.05) is 25.3 Å². The Balaban J connectivity index is 1.87. The van der Waals surface area contributed by atoms with Crippen molar-refractivity contribution in [2.75, 3.05) is 38.2 Å². The molecule has 6 nitrogen and oxygen atoms in total. The SMILES string of the molecule is O=S(=O)(NN1CCOCC1)c1cccc2c1CCCN2. The fourth-order valence-electron chi connectivity index (χ4n) is 2.60. The summed E-state index contributed by atoms with van der Waals surface area (Å²) in [7, 11) is -3.52. The fourth-order valence-corrected chi connectivity index (χ4v) is 4.02. The molecule has 0 amide bonds. The zero-order valence-electron chi connectivity index (χ0n) is 11.3. The molecule has 1 aromatic carbocycles. The van der Waals surface area contributed by atoms with Crippen molar-refractivity contribution in [1.29, 1.82) is 0 Å². The van der Waals surface area contributed by atoms with Crippen molar-refractivity contribution in [3.63, 3.8) is 0 Å². The Morgan fingerprint density at radius 2 is 2.05 bits per heavy atom. The van der Waals surface area contributed by atoms with Crippen LogP contribution in [0.15, 0.2) is 23.1 Å². The van der Waals surface area contributed by atoms with Gasteiger partial charge in [-0.15, -0.1) is 4.83 Å². The van der Waals surface area contributed by atoms with E-state index in [0.717, 1.165) is 30.6 Å². The molecule has 7 heteroatoms. The van der Waals surface area contributed by atoms with Gasteiger partial charge >= 0.3 is 0 Å². The highest BCUT2D eigenvalue weighted by Gasteiger charge is 2.25. The molecule has 2 aliphatic rings. The molecule has 1 aromatic rings. The highest BCUT2D eigenvalue weighted by Crippen LogP contribution is 2.28. The minimum absolute atomic E-state index is 0.383. The van der Waals surface area contributed by atoms with Gasteiger partial charge in [0.25, 0.3) is 10.0 Å². The Morgan fingerprint density at radius 3 is 2.85 bits per heavy atom. The number of hydrazine groups is 1. The maximum atomic E-state index is 12.6. The van der Waals surface area contributed by atoms with Gasteiger partial charge in [0.1, 0.15) is 0 Å². The summed E-state index contributed by atoms with van der Waals surface area (Å²) in [6.45, 7) is 3.15. The number of sulfonamides is 1. The Labute approximate surface area is 119 Å². The van der Waals surface area contributed by atoms with E-state index in [1.807, 2.05) is 6.07 Å². The molecule has 0 bridgehead atoms. The fraction of sp³-hybridized carbons (Fsp3) is 0.538. The molecular formula is C13H19N3O3S. The summed E-state index contributed by atoms with van der Waals surface area (Å²) in [6, 6.07) is 5.39. The molecule has 2 aliphatic heterocycles. The lowest BCUT2D eigenvalue weighted by Crippen LogP contribution is -2.48. The number of fused-ring (bicyclic) bond motifs is 1. The van der Waals surface area contributed by atoms with Gasteiger partial charge in [-0.2, -0.15) is 0 Å². The molecule has 0 saturated carbocycles. The van der Waals surface area contributed by atoms with Crippen LogP contribution < -0.4 is 10.1 Å². The second-order valence-corrected chi connectivity index (χ2v) is 6.64. The lowest BCUT2D eigenvalue weighted by molar-refractivity contribution is 0.0272. The summed E-state index contributed by atoms with van der Waals surface area (Å²) in [5, 5.41) is 4.96. The van der Waals surface area contributed by atoms with Crippen LogP contribution in [0, 0.1) is 0 Å². The van der Waals surface area contributed by atoms with Gasteiger partial charge in [-0.1, -0.05) is 6.07 Å². The molecule has 3 rings (SSSR count). The van der Waals surface area contributed by atoms with E-state index in [9.17, 15) is 8.42 Å². The van der Waals surface area contributed by atoms with Crippen molar-refractivity contribution in [2.45, 2.75) is 17.7 Å². The Morgan fingerprint density at radius 1 is 1.25 bits per heavy atom. The van der Waals surface area contributed by atoms with E-state index in [0.29, 0.717) is 31.2 Å². The van der Waals surface area contributed by atoms with Gasteiger partial charge in [-0.3, -0.25) is 0 Å². The number of rotatable bonds is 3. The van der Waals surface area contributed by atoms with E-state index in [4.69, 9.17) is 4.74 Å². The lowest BCUT2D eigenvalue weighted by Gasteiger charge is -2.28. The van der Waals surface area contributed by atoms with Crippen LogP contribution in [0.2, 0.25) is 0 Å². The predicted molar refractivity (Wildman–Crippen MR) is 76.0 cm³/mol. The van der Waals surface area contributed by atoms with Crippen LogP contribution in [0.4, 0.5) is 5.69 Å². The van der Waals surface area contributed by atoms with Crippen molar-refractivity contribution < 1.29 is 13.2 Å². The number of hydrogen-bond acceptors (Lipinski definition) is 5. The first kappa shape index (κ1) is 13.8. The number of nitrogens with zero attached hydrogens (tertiary/aromatic N) is 1. The van der Waals surface area contributed by atoms with Gasteiger partial charge in [0.05, 0.1) is 18.1 Å². The molecule has 20 heavy (non-hydrogen) atoms.